The number of ether oxygens (including phenoxy) is 2. The van der Waals surface area contributed by atoms with Gasteiger partial charge < -0.3 is 14.4 Å². The molecule has 1 amide bonds. The minimum absolute atomic E-state index is 0.0810. The lowest BCUT2D eigenvalue weighted by Crippen LogP contribution is -2.54. The number of hydrogen-bond donors (Lipinski definition) is 1. The highest BCUT2D eigenvalue weighted by Gasteiger charge is 2.32. The van der Waals surface area contributed by atoms with Gasteiger partial charge in [-0.15, -0.1) is 0 Å². The lowest BCUT2D eigenvalue weighted by molar-refractivity contribution is -0.159. The molecule has 1 fully saturated rings. The van der Waals surface area contributed by atoms with Gasteiger partial charge in [-0.25, -0.2) is 0 Å². The molecule has 1 heterocycles. The molecule has 178 valence electrons. The molecular formula is C25H38N2O5. The Bertz CT molecular complexity index is 744. The fourth-order valence-corrected chi connectivity index (χ4v) is 3.83. The van der Waals surface area contributed by atoms with Crippen LogP contribution < -0.4 is 5.32 Å². The van der Waals surface area contributed by atoms with Gasteiger partial charge in [-0.3, -0.25) is 19.7 Å². The Hall–Kier alpha value is -2.41. The topological polar surface area (TPSA) is 84.9 Å². The van der Waals surface area contributed by atoms with E-state index in [1.165, 1.54) is 0 Å². The number of rotatable bonds is 9. The summed E-state index contributed by atoms with van der Waals surface area (Å²) in [5.41, 5.74) is 0.520. The third-order valence-electron chi connectivity index (χ3n) is 5.31. The van der Waals surface area contributed by atoms with E-state index in [9.17, 15) is 14.4 Å². The molecule has 0 bridgehead atoms. The molecule has 1 aromatic rings. The van der Waals surface area contributed by atoms with Crippen molar-refractivity contribution in [3.8, 4) is 0 Å². The van der Waals surface area contributed by atoms with Crippen LogP contribution in [0.25, 0.3) is 0 Å². The SMILES string of the molecule is CCOC(=O)C(CCc1ccccc1)NC1CCCCCN(CC(=O)OC(C)(C)C)C1=O. The first kappa shape index (κ1) is 25.8. The van der Waals surface area contributed by atoms with E-state index in [-0.39, 0.29) is 25.0 Å². The summed E-state index contributed by atoms with van der Waals surface area (Å²) in [5.74, 6) is -0.933. The number of amides is 1. The van der Waals surface area contributed by atoms with Gasteiger partial charge in [0.15, 0.2) is 0 Å². The van der Waals surface area contributed by atoms with Gasteiger partial charge in [0.2, 0.25) is 5.91 Å². The summed E-state index contributed by atoms with van der Waals surface area (Å²) in [6.45, 7) is 7.90. The first-order valence-electron chi connectivity index (χ1n) is 11.7. The van der Waals surface area contributed by atoms with E-state index >= 15 is 0 Å². The molecule has 2 unspecified atom stereocenters. The molecule has 7 heteroatoms. The maximum atomic E-state index is 13.3. The number of nitrogens with zero attached hydrogens (tertiary/aromatic N) is 1. The molecule has 0 radical (unpaired) electrons. The van der Waals surface area contributed by atoms with Crippen molar-refractivity contribution >= 4 is 17.8 Å². The Labute approximate surface area is 191 Å². The molecule has 1 aliphatic heterocycles. The van der Waals surface area contributed by atoms with Crippen LogP contribution in [0.2, 0.25) is 0 Å². The fraction of sp³-hybridized carbons (Fsp3) is 0.640. The zero-order valence-corrected chi connectivity index (χ0v) is 19.9. The normalized spacial score (nSPS) is 18.4. The summed E-state index contributed by atoms with van der Waals surface area (Å²) in [4.78, 5) is 39.8. The van der Waals surface area contributed by atoms with Gasteiger partial charge in [0.05, 0.1) is 12.6 Å². The summed E-state index contributed by atoms with van der Waals surface area (Å²) >= 11 is 0. The van der Waals surface area contributed by atoms with Crippen LogP contribution >= 0.6 is 0 Å². The second-order valence-electron chi connectivity index (χ2n) is 9.24. The molecule has 0 aliphatic carbocycles. The average Bonchev–Trinajstić information content (AvgIpc) is 2.72. The first-order chi connectivity index (χ1) is 15.2. The van der Waals surface area contributed by atoms with Crippen LogP contribution in [-0.4, -0.2) is 60.1 Å². The van der Waals surface area contributed by atoms with E-state index in [4.69, 9.17) is 9.47 Å². The molecule has 0 saturated carbocycles. The standard InChI is InChI=1S/C25H38N2O5/c1-5-31-24(30)21(16-15-19-12-8-6-9-13-19)26-20-14-10-7-11-17-27(23(20)29)18-22(28)32-25(2,3)4/h6,8-9,12-13,20-21,26H,5,7,10-11,14-18H2,1-4H3. The molecule has 1 N–H and O–H groups in total. The van der Waals surface area contributed by atoms with Gasteiger partial charge in [-0.1, -0.05) is 43.2 Å². The summed E-state index contributed by atoms with van der Waals surface area (Å²) in [6, 6.07) is 8.80. The summed E-state index contributed by atoms with van der Waals surface area (Å²) in [5, 5.41) is 3.26. The van der Waals surface area contributed by atoms with Crippen molar-refractivity contribution in [1.29, 1.82) is 0 Å². The van der Waals surface area contributed by atoms with E-state index < -0.39 is 23.7 Å². The number of carbonyl (C=O) groups is 3. The second-order valence-corrected chi connectivity index (χ2v) is 9.24. The van der Waals surface area contributed by atoms with Crippen molar-refractivity contribution in [2.45, 2.75) is 83.9 Å². The number of benzene rings is 1. The Kier molecular flexibility index (Phi) is 10.2. The van der Waals surface area contributed by atoms with Crippen molar-refractivity contribution in [2.24, 2.45) is 0 Å². The Morgan fingerprint density at radius 1 is 1.16 bits per heavy atom. The molecule has 32 heavy (non-hydrogen) atoms. The van der Waals surface area contributed by atoms with Crippen molar-refractivity contribution in [3.05, 3.63) is 35.9 Å². The monoisotopic (exact) mass is 446 g/mol. The zero-order valence-electron chi connectivity index (χ0n) is 19.9. The van der Waals surface area contributed by atoms with E-state index in [1.807, 2.05) is 30.3 Å². The van der Waals surface area contributed by atoms with E-state index in [1.54, 1.807) is 32.6 Å². The van der Waals surface area contributed by atoms with Gasteiger partial charge in [-0.05, 0) is 58.9 Å². The highest BCUT2D eigenvalue weighted by Crippen LogP contribution is 2.16. The maximum Gasteiger partial charge on any atom is 0.326 e. The average molecular weight is 447 g/mol. The predicted molar refractivity (Wildman–Crippen MR) is 123 cm³/mol. The predicted octanol–water partition coefficient (Wildman–Crippen LogP) is 3.25. The van der Waals surface area contributed by atoms with Gasteiger partial charge in [0, 0.05) is 6.54 Å². The number of hydrogen-bond acceptors (Lipinski definition) is 6. The van der Waals surface area contributed by atoms with Crippen molar-refractivity contribution in [3.63, 3.8) is 0 Å². The number of nitrogens with one attached hydrogen (secondary N) is 1. The van der Waals surface area contributed by atoms with Crippen LogP contribution in [0.1, 0.15) is 65.4 Å². The van der Waals surface area contributed by atoms with Gasteiger partial charge in [0.25, 0.3) is 0 Å². The van der Waals surface area contributed by atoms with Crippen LogP contribution in [0.5, 0.6) is 0 Å². The Morgan fingerprint density at radius 3 is 2.53 bits per heavy atom. The van der Waals surface area contributed by atoms with Crippen LogP contribution in [0.3, 0.4) is 0 Å². The molecule has 1 aliphatic rings. The van der Waals surface area contributed by atoms with Crippen molar-refractivity contribution < 1.29 is 23.9 Å². The molecular weight excluding hydrogens is 408 g/mol. The largest absolute Gasteiger partial charge is 0.465 e. The fourth-order valence-electron chi connectivity index (χ4n) is 3.83. The van der Waals surface area contributed by atoms with Crippen LogP contribution in [0.4, 0.5) is 0 Å². The minimum Gasteiger partial charge on any atom is -0.465 e. The summed E-state index contributed by atoms with van der Waals surface area (Å²) in [6.07, 6.45) is 4.53. The maximum absolute atomic E-state index is 13.3. The van der Waals surface area contributed by atoms with Gasteiger partial charge in [-0.2, -0.15) is 0 Å². The molecule has 2 rings (SSSR count). The highest BCUT2D eigenvalue weighted by molar-refractivity contribution is 5.87. The van der Waals surface area contributed by atoms with E-state index in [0.717, 1.165) is 24.8 Å². The van der Waals surface area contributed by atoms with Crippen molar-refractivity contribution in [1.82, 2.24) is 10.2 Å². The van der Waals surface area contributed by atoms with Crippen LogP contribution in [-0.2, 0) is 30.3 Å². The summed E-state index contributed by atoms with van der Waals surface area (Å²) in [7, 11) is 0. The second kappa shape index (κ2) is 12.6. The zero-order chi connectivity index (χ0) is 23.6. The first-order valence-corrected chi connectivity index (χ1v) is 11.7. The smallest absolute Gasteiger partial charge is 0.326 e. The van der Waals surface area contributed by atoms with Gasteiger partial charge in [0.1, 0.15) is 18.2 Å². The van der Waals surface area contributed by atoms with E-state index in [2.05, 4.69) is 5.32 Å². The number of esters is 2. The number of carbonyl (C=O) groups excluding carboxylic acids is 3. The summed E-state index contributed by atoms with van der Waals surface area (Å²) < 4.78 is 10.7. The lowest BCUT2D eigenvalue weighted by atomic mass is 10.00. The third-order valence-corrected chi connectivity index (χ3v) is 5.31. The molecule has 7 nitrogen and oxygen atoms in total. The van der Waals surface area contributed by atoms with E-state index in [0.29, 0.717) is 25.8 Å². The Morgan fingerprint density at radius 2 is 1.88 bits per heavy atom. The third kappa shape index (κ3) is 8.99. The molecule has 1 aromatic carbocycles. The molecule has 0 aromatic heterocycles. The van der Waals surface area contributed by atoms with Crippen molar-refractivity contribution in [2.75, 3.05) is 19.7 Å². The molecule has 0 spiro atoms. The quantitative estimate of drug-likeness (QED) is 0.586. The Balaban J connectivity index is 2.09. The van der Waals surface area contributed by atoms with Crippen LogP contribution in [0.15, 0.2) is 30.3 Å². The molecule has 2 atom stereocenters. The number of aryl methyl sites for hydroxylation is 1. The number of likely N-dealkylation sites (tertiary alicyclic amines) is 1. The minimum atomic E-state index is -0.604. The van der Waals surface area contributed by atoms with Gasteiger partial charge >= 0.3 is 11.9 Å². The highest BCUT2D eigenvalue weighted by atomic mass is 16.6. The van der Waals surface area contributed by atoms with Crippen LogP contribution in [0, 0.1) is 0 Å². The molecule has 1 saturated heterocycles. The lowest BCUT2D eigenvalue weighted by Gasteiger charge is -2.32.